The van der Waals surface area contributed by atoms with Gasteiger partial charge in [-0.15, -0.1) is 22.9 Å². The minimum absolute atomic E-state index is 0.131. The average Bonchev–Trinajstić information content (AvgIpc) is 2.75. The molecule has 1 aromatic heterocycles. The minimum atomic E-state index is -3.86. The highest BCUT2D eigenvalue weighted by atomic mass is 35.5. The third kappa shape index (κ3) is 2.50. The SMILES string of the molecule is Cc1nc2cc(S(=O)(=O)C(C)CCl)c([N+](=O)[O-])cc2s1. The number of alkyl halides is 1. The largest absolute Gasteiger partial charge is 0.289 e. The van der Waals surface area contributed by atoms with Crippen molar-refractivity contribution >= 4 is 48.7 Å². The Labute approximate surface area is 124 Å². The minimum Gasteiger partial charge on any atom is -0.258 e. The molecule has 6 nitrogen and oxygen atoms in total. The first-order chi connectivity index (χ1) is 9.27. The second-order valence-corrected chi connectivity index (χ2v) is 8.17. The fourth-order valence-corrected chi connectivity index (χ4v) is 4.37. The number of hydrogen-bond acceptors (Lipinski definition) is 6. The summed E-state index contributed by atoms with van der Waals surface area (Å²) in [5.41, 5.74) is 0.0107. The van der Waals surface area contributed by atoms with E-state index in [1.54, 1.807) is 6.92 Å². The molecule has 0 aliphatic heterocycles. The number of aryl methyl sites for hydroxylation is 1. The molecule has 0 spiro atoms. The number of halogens is 1. The van der Waals surface area contributed by atoms with Gasteiger partial charge in [-0.05, 0) is 19.9 Å². The van der Waals surface area contributed by atoms with Crippen molar-refractivity contribution in [3.63, 3.8) is 0 Å². The zero-order valence-corrected chi connectivity index (χ0v) is 13.0. The van der Waals surface area contributed by atoms with Gasteiger partial charge in [-0.2, -0.15) is 0 Å². The van der Waals surface area contributed by atoms with E-state index in [1.807, 2.05) is 0 Å². The predicted molar refractivity (Wildman–Crippen MR) is 78.4 cm³/mol. The molecule has 20 heavy (non-hydrogen) atoms. The second kappa shape index (κ2) is 5.27. The van der Waals surface area contributed by atoms with Crippen molar-refractivity contribution < 1.29 is 13.3 Å². The zero-order valence-electron chi connectivity index (χ0n) is 10.7. The maximum atomic E-state index is 12.3. The Morgan fingerprint density at radius 1 is 1.50 bits per heavy atom. The van der Waals surface area contributed by atoms with E-state index in [2.05, 4.69) is 4.98 Å². The smallest absolute Gasteiger partial charge is 0.258 e. The van der Waals surface area contributed by atoms with Crippen LogP contribution in [0.4, 0.5) is 5.69 Å². The van der Waals surface area contributed by atoms with E-state index in [-0.39, 0.29) is 10.8 Å². The monoisotopic (exact) mass is 334 g/mol. The predicted octanol–water partition coefficient (Wildman–Crippen LogP) is 2.91. The Balaban J connectivity index is 2.79. The highest BCUT2D eigenvalue weighted by Crippen LogP contribution is 2.34. The van der Waals surface area contributed by atoms with Crippen LogP contribution in [0.3, 0.4) is 0 Å². The van der Waals surface area contributed by atoms with Crippen LogP contribution in [0.2, 0.25) is 0 Å². The Kier molecular flexibility index (Phi) is 3.99. The Morgan fingerprint density at radius 3 is 2.70 bits per heavy atom. The molecule has 0 bridgehead atoms. The van der Waals surface area contributed by atoms with Crippen LogP contribution in [0.25, 0.3) is 10.2 Å². The molecule has 2 aromatic rings. The number of fused-ring (bicyclic) bond motifs is 1. The molecule has 0 saturated heterocycles. The fraction of sp³-hybridized carbons (Fsp3) is 0.364. The first-order valence-corrected chi connectivity index (χ1v) is 8.52. The molecular weight excluding hydrogens is 324 g/mol. The van der Waals surface area contributed by atoms with Gasteiger partial charge in [0.2, 0.25) is 0 Å². The third-order valence-electron chi connectivity index (χ3n) is 2.83. The molecule has 2 rings (SSSR count). The summed E-state index contributed by atoms with van der Waals surface area (Å²) in [7, 11) is -3.86. The molecule has 1 atom stereocenters. The van der Waals surface area contributed by atoms with Crippen molar-refractivity contribution in [1.29, 1.82) is 0 Å². The van der Waals surface area contributed by atoms with Crippen LogP contribution in [0.15, 0.2) is 17.0 Å². The molecule has 108 valence electrons. The number of nitro benzene ring substituents is 1. The summed E-state index contributed by atoms with van der Waals surface area (Å²) < 4.78 is 25.2. The Bertz CT molecular complexity index is 785. The van der Waals surface area contributed by atoms with Gasteiger partial charge in [0.05, 0.1) is 25.4 Å². The summed E-state index contributed by atoms with van der Waals surface area (Å²) in [5, 5.41) is 10.9. The maximum absolute atomic E-state index is 12.3. The van der Waals surface area contributed by atoms with Crippen LogP contribution >= 0.6 is 22.9 Å². The number of benzene rings is 1. The van der Waals surface area contributed by atoms with Crippen LogP contribution in [-0.4, -0.2) is 29.5 Å². The molecule has 9 heteroatoms. The van der Waals surface area contributed by atoms with Crippen molar-refractivity contribution in [2.24, 2.45) is 0 Å². The van der Waals surface area contributed by atoms with Crippen LogP contribution in [0, 0.1) is 17.0 Å². The lowest BCUT2D eigenvalue weighted by atomic mass is 10.3. The lowest BCUT2D eigenvalue weighted by Gasteiger charge is -2.10. The standard InChI is InChI=1S/C11H11ClN2O4S2/c1-6(5-12)20(17,18)11-3-8-10(19-7(2)13-8)4-9(11)14(15)16/h3-4,6H,5H2,1-2H3. The number of nitrogens with zero attached hydrogens (tertiary/aromatic N) is 2. The van der Waals surface area contributed by atoms with E-state index in [0.717, 1.165) is 0 Å². The molecule has 0 radical (unpaired) electrons. The summed E-state index contributed by atoms with van der Waals surface area (Å²) in [6.45, 7) is 3.18. The average molecular weight is 335 g/mol. The van der Waals surface area contributed by atoms with Crippen molar-refractivity contribution in [3.8, 4) is 0 Å². The van der Waals surface area contributed by atoms with E-state index in [0.29, 0.717) is 15.2 Å². The third-order valence-corrected chi connectivity index (χ3v) is 6.57. The molecule has 1 heterocycles. The van der Waals surface area contributed by atoms with Gasteiger partial charge in [0.1, 0.15) is 4.90 Å². The second-order valence-electron chi connectivity index (χ2n) is 4.29. The lowest BCUT2D eigenvalue weighted by molar-refractivity contribution is -0.387. The van der Waals surface area contributed by atoms with Gasteiger partial charge in [-0.25, -0.2) is 13.4 Å². The number of nitro groups is 1. The van der Waals surface area contributed by atoms with Crippen molar-refractivity contribution in [2.45, 2.75) is 24.0 Å². The van der Waals surface area contributed by atoms with E-state index in [4.69, 9.17) is 11.6 Å². The van der Waals surface area contributed by atoms with Gasteiger partial charge in [0, 0.05) is 11.9 Å². The molecule has 0 saturated carbocycles. The van der Waals surface area contributed by atoms with Gasteiger partial charge < -0.3 is 0 Å². The first kappa shape index (κ1) is 15.1. The molecule has 0 aliphatic rings. The summed E-state index contributed by atoms with van der Waals surface area (Å²) >= 11 is 6.86. The van der Waals surface area contributed by atoms with E-state index in [9.17, 15) is 18.5 Å². The van der Waals surface area contributed by atoms with Crippen LogP contribution < -0.4 is 0 Å². The summed E-state index contributed by atoms with van der Waals surface area (Å²) in [5.74, 6) is -0.131. The molecule has 1 aromatic carbocycles. The van der Waals surface area contributed by atoms with Crippen molar-refractivity contribution in [3.05, 3.63) is 27.3 Å². The highest BCUT2D eigenvalue weighted by molar-refractivity contribution is 7.92. The van der Waals surface area contributed by atoms with Crippen molar-refractivity contribution in [2.75, 3.05) is 5.88 Å². The quantitative estimate of drug-likeness (QED) is 0.487. The number of hydrogen-bond donors (Lipinski definition) is 0. The number of rotatable bonds is 4. The van der Waals surface area contributed by atoms with Crippen LogP contribution in [0.1, 0.15) is 11.9 Å². The number of sulfone groups is 1. The summed E-state index contributed by atoms with van der Waals surface area (Å²) in [6, 6.07) is 2.52. The highest BCUT2D eigenvalue weighted by Gasteiger charge is 2.31. The van der Waals surface area contributed by atoms with Crippen LogP contribution in [-0.2, 0) is 9.84 Å². The van der Waals surface area contributed by atoms with Gasteiger partial charge in [0.15, 0.2) is 9.84 Å². The normalized spacial score (nSPS) is 13.6. The molecule has 1 unspecified atom stereocenters. The van der Waals surface area contributed by atoms with Gasteiger partial charge in [-0.1, -0.05) is 0 Å². The molecule has 0 amide bonds. The topological polar surface area (TPSA) is 90.2 Å². The molecule has 0 N–H and O–H groups in total. The fourth-order valence-electron chi connectivity index (χ4n) is 1.73. The Hall–Kier alpha value is -1.25. The summed E-state index contributed by atoms with van der Waals surface area (Å²) in [6.07, 6.45) is 0. The number of thiazole rings is 1. The number of aromatic nitrogens is 1. The Morgan fingerprint density at radius 2 is 2.15 bits per heavy atom. The summed E-state index contributed by atoms with van der Waals surface area (Å²) in [4.78, 5) is 14.3. The zero-order chi connectivity index (χ0) is 15.1. The van der Waals surface area contributed by atoms with Crippen LogP contribution in [0.5, 0.6) is 0 Å². The van der Waals surface area contributed by atoms with E-state index >= 15 is 0 Å². The lowest BCUT2D eigenvalue weighted by Crippen LogP contribution is -2.20. The first-order valence-electron chi connectivity index (χ1n) is 5.62. The van der Waals surface area contributed by atoms with Gasteiger partial charge in [0.25, 0.3) is 5.69 Å². The van der Waals surface area contributed by atoms with Gasteiger partial charge in [-0.3, -0.25) is 10.1 Å². The maximum Gasteiger partial charge on any atom is 0.289 e. The molecular formula is C11H11ClN2O4S2. The molecule has 0 fully saturated rings. The van der Waals surface area contributed by atoms with Crippen molar-refractivity contribution in [1.82, 2.24) is 4.98 Å². The van der Waals surface area contributed by atoms with Gasteiger partial charge >= 0.3 is 0 Å². The van der Waals surface area contributed by atoms with E-state index < -0.39 is 25.7 Å². The van der Waals surface area contributed by atoms with E-state index in [1.165, 1.54) is 30.4 Å². The molecule has 0 aliphatic carbocycles.